The van der Waals surface area contributed by atoms with Gasteiger partial charge in [0, 0.05) is 73.6 Å². The quantitative estimate of drug-likeness (QED) is 0.0834. The van der Waals surface area contributed by atoms with Crippen LogP contribution in [0.25, 0.3) is 6.08 Å². The molecule has 4 aliphatic carbocycles. The summed E-state index contributed by atoms with van der Waals surface area (Å²) < 4.78 is 13.2. The van der Waals surface area contributed by atoms with Gasteiger partial charge in [-0.1, -0.05) is 30.7 Å². The fourth-order valence-corrected chi connectivity index (χ4v) is 12.8. The van der Waals surface area contributed by atoms with E-state index < -0.39 is 35.3 Å². The first-order valence-electron chi connectivity index (χ1n) is 19.5. The van der Waals surface area contributed by atoms with Crippen LogP contribution in [-0.2, 0) is 74.0 Å². The smallest absolute Gasteiger partial charge is 0.353 e. The molecule has 1 spiro atoms. The summed E-state index contributed by atoms with van der Waals surface area (Å²) in [5.74, 6) is -1.63. The Morgan fingerprint density at radius 2 is 1.70 bits per heavy atom. The summed E-state index contributed by atoms with van der Waals surface area (Å²) >= 11 is 8.70. The first kappa shape index (κ1) is 42.8. The number of hydrogen-bond acceptors (Lipinski definition) is 9. The maximum absolute atomic E-state index is 12.7. The van der Waals surface area contributed by atoms with E-state index in [9.17, 15) is 29.7 Å². The average molecular weight is 899 g/mol. The van der Waals surface area contributed by atoms with E-state index in [-0.39, 0.29) is 79.7 Å². The third-order valence-electron chi connectivity index (χ3n) is 13.6. The molecule has 1 radical (unpaired) electrons. The van der Waals surface area contributed by atoms with Crippen LogP contribution in [0.4, 0.5) is 5.69 Å². The Morgan fingerprint density at radius 1 is 1.05 bits per heavy atom. The van der Waals surface area contributed by atoms with Crippen LogP contribution in [0.1, 0.15) is 62.6 Å². The molecule has 4 bridgehead atoms. The number of quaternary nitrogens is 1. The third kappa shape index (κ3) is 6.85. The number of methoxy groups -OCH3 is 1. The van der Waals surface area contributed by atoms with Crippen molar-refractivity contribution in [3.8, 4) is 5.75 Å². The second-order valence-corrected chi connectivity index (χ2v) is 18.6. The van der Waals surface area contributed by atoms with Crippen LogP contribution in [0.5, 0.6) is 5.75 Å². The van der Waals surface area contributed by atoms with Crippen molar-refractivity contribution in [3.05, 3.63) is 74.8 Å². The van der Waals surface area contributed by atoms with Gasteiger partial charge in [-0.25, -0.2) is 14.5 Å². The fraction of sp³-hybridized carbons (Fsp3) is 0.548. The number of carbonyl (C=O) groups is 3. The molecule has 12 nitrogen and oxygen atoms in total. The topological polar surface area (TPSA) is 152 Å². The molecule has 6 fully saturated rings. The van der Waals surface area contributed by atoms with Gasteiger partial charge in [0.1, 0.15) is 23.7 Å². The molecule has 1 unspecified atom stereocenters. The Bertz CT molecular complexity index is 1970. The van der Waals surface area contributed by atoms with Gasteiger partial charge in [-0.2, -0.15) is 4.89 Å². The molecule has 57 heavy (non-hydrogen) atoms. The molecule has 303 valence electrons. The molecule has 2 saturated heterocycles. The Labute approximate surface area is 367 Å². The maximum atomic E-state index is 12.7. The number of aliphatic hydroxyl groups is 1. The van der Waals surface area contributed by atoms with Crippen LogP contribution < -0.4 is 9.22 Å². The molecule has 2 aromatic rings. The van der Waals surface area contributed by atoms with Gasteiger partial charge in [-0.15, -0.1) is 11.8 Å². The molecule has 1 amide bonds. The molecule has 2 aromatic carbocycles. The number of halogens is 1. The number of aliphatic hydroxyl groups excluding tert-OH is 1. The van der Waals surface area contributed by atoms with Gasteiger partial charge in [0.15, 0.2) is 5.60 Å². The number of thioether (sulfide) groups is 1. The molecule has 3 aliphatic heterocycles. The number of rotatable bonds is 14. The number of carbonyl (C=O) groups excluding carboxylic acids is 1. The minimum Gasteiger partial charge on any atom is -0.487 e. The zero-order valence-corrected chi connectivity index (χ0v) is 37.3. The first-order chi connectivity index (χ1) is 26.6. The molecule has 15 heteroatoms. The summed E-state index contributed by atoms with van der Waals surface area (Å²) in [5, 5.41) is 29.9. The zero-order chi connectivity index (χ0) is 39.9. The van der Waals surface area contributed by atoms with E-state index in [1.165, 1.54) is 29.2 Å². The number of nitrogens with zero attached hydrogens (tertiary/aromatic N) is 2. The summed E-state index contributed by atoms with van der Waals surface area (Å²) in [6.45, 7) is 4.35. The number of amides is 1. The van der Waals surface area contributed by atoms with Crippen molar-refractivity contribution in [1.82, 2.24) is 9.38 Å². The van der Waals surface area contributed by atoms with Crippen LogP contribution in [0, 0.1) is 35.5 Å². The van der Waals surface area contributed by atoms with Crippen LogP contribution >= 0.6 is 23.4 Å². The van der Waals surface area contributed by atoms with E-state index in [1.807, 2.05) is 37.3 Å². The normalized spacial score (nSPS) is 32.9. The summed E-state index contributed by atoms with van der Waals surface area (Å²) in [6.07, 6.45) is 7.25. The number of fused-ring (bicyclic) bond motifs is 1. The van der Waals surface area contributed by atoms with Crippen molar-refractivity contribution in [1.29, 1.82) is 0 Å². The van der Waals surface area contributed by atoms with Gasteiger partial charge in [0.2, 0.25) is 5.91 Å². The standard InChI is InChI=1S/C42H49ClN2O10S.Y/c1-22-35-33(23(2)46)39(49)44(35)36(40(50)51)38(22)56-15-14-45(3,4)30-10-6-24(7-11-30)21-53-37-27(9-13-32(47)48)8-12-31(34(37)43)42(52-5)41(54-55-42)28-17-25-16-26(19-28)20-29(41)18-25;/h6-13,22-23,25-26,28-29,33,35,46H,14-21H2,1-5H3,(H-,47,48,50,51);/p+1/b13-9+;/t22-,23-,25?,26?,28?,29?,33-,35-,41?,42?;/m1./s1. The molecular formula is C42H50ClN2O10SY+. The predicted molar refractivity (Wildman–Crippen MR) is 210 cm³/mol. The number of benzene rings is 2. The average Bonchev–Trinajstić information content (AvgIpc) is 3.38. The van der Waals surface area contributed by atoms with Gasteiger partial charge in [0.05, 0.1) is 43.7 Å². The van der Waals surface area contributed by atoms with E-state index in [0.717, 1.165) is 43.0 Å². The van der Waals surface area contributed by atoms with E-state index in [1.54, 1.807) is 20.1 Å². The molecule has 7 aliphatic rings. The minimum atomic E-state index is -1.22. The monoisotopic (exact) mass is 898 g/mol. The number of carboxylic acid groups (broad SMARTS) is 2. The number of β-lactam (4-membered cyclic amide) rings is 1. The number of carboxylic acids is 2. The van der Waals surface area contributed by atoms with E-state index >= 15 is 0 Å². The van der Waals surface area contributed by atoms with Crippen LogP contribution in [0.3, 0.4) is 0 Å². The van der Waals surface area contributed by atoms with Gasteiger partial charge in [0.25, 0.3) is 5.79 Å². The Morgan fingerprint density at radius 3 is 2.25 bits per heavy atom. The molecule has 4 saturated carbocycles. The molecular weight excluding hydrogens is 849 g/mol. The van der Waals surface area contributed by atoms with Crippen molar-refractivity contribution in [3.63, 3.8) is 0 Å². The summed E-state index contributed by atoms with van der Waals surface area (Å²) in [5.41, 5.74) is 2.40. The summed E-state index contributed by atoms with van der Waals surface area (Å²) in [4.78, 5) is 50.7. The minimum absolute atomic E-state index is 0. The summed E-state index contributed by atoms with van der Waals surface area (Å²) in [7, 11) is 5.79. The van der Waals surface area contributed by atoms with Gasteiger partial charge >= 0.3 is 11.9 Å². The second-order valence-electron chi connectivity index (χ2n) is 17.1. The van der Waals surface area contributed by atoms with Crippen molar-refractivity contribution in [2.24, 2.45) is 35.5 Å². The number of aliphatic carboxylic acids is 2. The molecule has 9 rings (SSSR count). The van der Waals surface area contributed by atoms with Crippen molar-refractivity contribution < 1.29 is 81.7 Å². The van der Waals surface area contributed by atoms with Crippen LogP contribution in [0.15, 0.2) is 53.1 Å². The van der Waals surface area contributed by atoms with Crippen LogP contribution in [0.2, 0.25) is 5.02 Å². The first-order valence-corrected chi connectivity index (χ1v) is 20.8. The Balaban J connectivity index is 0.00000496. The molecule has 3 heterocycles. The van der Waals surface area contributed by atoms with Crippen LogP contribution in [-0.4, -0.2) is 89.3 Å². The second kappa shape index (κ2) is 15.9. The van der Waals surface area contributed by atoms with Gasteiger partial charge in [-0.3, -0.25) is 9.28 Å². The maximum Gasteiger partial charge on any atom is 0.353 e. The molecule has 3 N–H and O–H groups in total. The number of ether oxygens (including phenoxy) is 2. The van der Waals surface area contributed by atoms with Crippen molar-refractivity contribution in [2.45, 2.75) is 76.1 Å². The Kier molecular flexibility index (Phi) is 12.0. The predicted octanol–water partition coefficient (Wildman–Crippen LogP) is 6.42. The Hall–Kier alpha value is -2.33. The van der Waals surface area contributed by atoms with E-state index in [2.05, 4.69) is 14.1 Å². The third-order valence-corrected chi connectivity index (χ3v) is 15.2. The fourth-order valence-electron chi connectivity index (χ4n) is 11.0. The number of hydrogen-bond donors (Lipinski definition) is 3. The zero-order valence-electron chi connectivity index (χ0n) is 32.9. The van der Waals surface area contributed by atoms with Gasteiger partial charge < -0.3 is 29.7 Å². The molecule has 0 aromatic heterocycles. The summed E-state index contributed by atoms with van der Waals surface area (Å²) in [6, 6.07) is 11.3. The van der Waals surface area contributed by atoms with E-state index in [0.29, 0.717) is 50.4 Å². The molecule has 5 atom stereocenters. The van der Waals surface area contributed by atoms with Gasteiger partial charge in [-0.05, 0) is 98.6 Å². The largest absolute Gasteiger partial charge is 0.487 e. The van der Waals surface area contributed by atoms with Crippen molar-refractivity contribution in [2.75, 3.05) is 33.5 Å². The van der Waals surface area contributed by atoms with E-state index in [4.69, 9.17) is 30.8 Å². The van der Waals surface area contributed by atoms with Crippen molar-refractivity contribution >= 4 is 53.0 Å². The SMILES string of the molecule is COC1(c2ccc(/C=C/C(=O)O)c(OCc3ccc([N+](C)(C)CCSC4=C(C(=O)O)N5C(=O)[C@H]([C@@H](C)O)[C@H]5[C@H]4C)cc3)c2Cl)OOC12C1CC3CC(C1)CC2C3.[Y].